The molecule has 3 heterocycles. The van der Waals surface area contributed by atoms with E-state index in [0.29, 0.717) is 11.4 Å². The topological polar surface area (TPSA) is 54.5 Å². The van der Waals surface area contributed by atoms with Crippen molar-refractivity contribution in [1.29, 1.82) is 0 Å². The lowest BCUT2D eigenvalue weighted by molar-refractivity contribution is -0.0404. The summed E-state index contributed by atoms with van der Waals surface area (Å²) in [5.41, 5.74) is 1.59. The van der Waals surface area contributed by atoms with Gasteiger partial charge >= 0.3 is 0 Å². The van der Waals surface area contributed by atoms with Gasteiger partial charge < -0.3 is 10.1 Å². The Hall–Kier alpha value is -2.40. The van der Waals surface area contributed by atoms with Gasteiger partial charge in [0, 0.05) is 18.3 Å². The fourth-order valence-electron chi connectivity index (χ4n) is 4.93. The Morgan fingerprint density at radius 3 is 2.63 bits per heavy atom. The van der Waals surface area contributed by atoms with Crippen molar-refractivity contribution in [3.63, 3.8) is 0 Å². The van der Waals surface area contributed by atoms with Crippen LogP contribution in [0.5, 0.6) is 5.88 Å². The summed E-state index contributed by atoms with van der Waals surface area (Å²) in [5.74, 6) is 1.02. The molecule has 0 spiro atoms. The minimum atomic E-state index is -0.135. The highest BCUT2D eigenvalue weighted by Gasteiger charge is 2.50. The molecule has 142 valence electrons. The maximum Gasteiger partial charge on any atom is 0.257 e. The predicted molar refractivity (Wildman–Crippen MR) is 105 cm³/mol. The lowest BCUT2D eigenvalue weighted by Crippen LogP contribution is -2.62. The molecule has 1 N–H and O–H groups in total. The second-order valence-electron chi connectivity index (χ2n) is 7.80. The van der Waals surface area contributed by atoms with Crippen LogP contribution in [0.3, 0.4) is 0 Å². The SMILES string of the molecule is COc1ncccc1C(=O)NC(c1ccccc1)C12CCC(CC1)CN2C. The minimum absolute atomic E-state index is 0.0405. The molecule has 5 rings (SSSR count). The van der Waals surface area contributed by atoms with Crippen LogP contribution in [-0.2, 0) is 0 Å². The maximum absolute atomic E-state index is 13.2. The van der Waals surface area contributed by atoms with Crippen LogP contribution in [0.4, 0.5) is 0 Å². The number of piperidine rings is 2. The highest BCUT2D eigenvalue weighted by Crippen LogP contribution is 2.49. The number of hydrogen-bond donors (Lipinski definition) is 1. The van der Waals surface area contributed by atoms with Gasteiger partial charge in [-0.15, -0.1) is 0 Å². The molecule has 2 bridgehead atoms. The third-order valence-electron chi connectivity index (χ3n) is 6.42. The number of benzene rings is 1. The molecule has 1 aromatic heterocycles. The largest absolute Gasteiger partial charge is 0.480 e. The molecule has 1 aromatic carbocycles. The van der Waals surface area contributed by atoms with E-state index in [-0.39, 0.29) is 17.5 Å². The minimum Gasteiger partial charge on any atom is -0.480 e. The van der Waals surface area contributed by atoms with Gasteiger partial charge in [0.05, 0.1) is 13.2 Å². The second-order valence-corrected chi connectivity index (χ2v) is 7.80. The number of amides is 1. The van der Waals surface area contributed by atoms with Gasteiger partial charge in [-0.1, -0.05) is 30.3 Å². The molecule has 2 aliphatic heterocycles. The van der Waals surface area contributed by atoms with Crippen LogP contribution in [0.2, 0.25) is 0 Å². The zero-order valence-corrected chi connectivity index (χ0v) is 16.0. The molecule has 1 unspecified atom stereocenters. The lowest BCUT2D eigenvalue weighted by atomic mass is 9.66. The average Bonchev–Trinajstić information content (AvgIpc) is 2.73. The van der Waals surface area contributed by atoms with Gasteiger partial charge in [-0.05, 0) is 56.3 Å². The van der Waals surface area contributed by atoms with Crippen LogP contribution in [0.1, 0.15) is 47.6 Å². The Morgan fingerprint density at radius 2 is 1.96 bits per heavy atom. The molecule has 3 fully saturated rings. The molecule has 2 saturated heterocycles. The van der Waals surface area contributed by atoms with E-state index in [0.717, 1.165) is 30.9 Å². The van der Waals surface area contributed by atoms with Gasteiger partial charge in [0.15, 0.2) is 0 Å². The van der Waals surface area contributed by atoms with Crippen LogP contribution in [-0.4, -0.2) is 42.0 Å². The predicted octanol–water partition coefficient (Wildman–Crippen LogP) is 3.44. The van der Waals surface area contributed by atoms with Crippen molar-refractivity contribution in [1.82, 2.24) is 15.2 Å². The molecular formula is C22H27N3O2. The number of likely N-dealkylation sites (N-methyl/N-ethyl adjacent to an activating group) is 1. The molecule has 1 amide bonds. The Balaban J connectivity index is 1.70. The summed E-state index contributed by atoms with van der Waals surface area (Å²) in [6.45, 7) is 1.11. The molecule has 2 aromatic rings. The number of ether oxygens (including phenoxy) is 1. The normalized spacial score (nSPS) is 25.8. The van der Waals surface area contributed by atoms with Gasteiger partial charge in [-0.3, -0.25) is 9.69 Å². The molecule has 3 aliphatic rings. The number of carbonyl (C=O) groups is 1. The van der Waals surface area contributed by atoms with Crippen molar-refractivity contribution in [3.05, 3.63) is 59.8 Å². The van der Waals surface area contributed by atoms with Crippen molar-refractivity contribution < 1.29 is 9.53 Å². The summed E-state index contributed by atoms with van der Waals surface area (Å²) in [7, 11) is 3.75. The Labute approximate surface area is 160 Å². The number of methoxy groups -OCH3 is 1. The van der Waals surface area contributed by atoms with E-state index < -0.39 is 0 Å². The standard InChI is InChI=1S/C22H27N3O2/c1-25-15-16-10-12-22(25,13-11-16)19(17-7-4-3-5-8-17)24-20(26)18-9-6-14-23-21(18)27-2/h3-9,14,16,19H,10-13,15H2,1-2H3,(H,24,26). The smallest absolute Gasteiger partial charge is 0.257 e. The Morgan fingerprint density at radius 1 is 1.22 bits per heavy atom. The molecule has 5 nitrogen and oxygen atoms in total. The molecule has 1 aliphatic carbocycles. The fourth-order valence-corrected chi connectivity index (χ4v) is 4.93. The first kappa shape index (κ1) is 18.0. The molecule has 0 radical (unpaired) electrons. The number of pyridine rings is 1. The summed E-state index contributed by atoms with van der Waals surface area (Å²) in [6, 6.07) is 13.8. The molecule has 5 heteroatoms. The van der Waals surface area contributed by atoms with Crippen LogP contribution in [0.15, 0.2) is 48.7 Å². The van der Waals surface area contributed by atoms with Crippen LogP contribution >= 0.6 is 0 Å². The molecule has 1 atom stereocenters. The van der Waals surface area contributed by atoms with E-state index >= 15 is 0 Å². The van der Waals surface area contributed by atoms with Crippen LogP contribution in [0.25, 0.3) is 0 Å². The quantitative estimate of drug-likeness (QED) is 0.882. The number of fused-ring (bicyclic) bond motifs is 3. The molecule has 1 saturated carbocycles. The molecule has 27 heavy (non-hydrogen) atoms. The first-order chi connectivity index (χ1) is 13.1. The van der Waals surface area contributed by atoms with Crippen molar-refractivity contribution >= 4 is 5.91 Å². The van der Waals surface area contributed by atoms with E-state index in [1.807, 2.05) is 18.2 Å². The number of nitrogens with zero attached hydrogens (tertiary/aromatic N) is 2. The van der Waals surface area contributed by atoms with Gasteiger partial charge in [0.25, 0.3) is 5.91 Å². The van der Waals surface area contributed by atoms with Crippen molar-refractivity contribution in [2.45, 2.75) is 37.3 Å². The van der Waals surface area contributed by atoms with Gasteiger partial charge in [0.2, 0.25) is 5.88 Å². The van der Waals surface area contributed by atoms with E-state index in [1.165, 1.54) is 12.8 Å². The highest BCUT2D eigenvalue weighted by molar-refractivity contribution is 5.96. The fraction of sp³-hybridized carbons (Fsp3) is 0.455. The summed E-state index contributed by atoms with van der Waals surface area (Å²) < 4.78 is 5.30. The summed E-state index contributed by atoms with van der Waals surface area (Å²) >= 11 is 0. The monoisotopic (exact) mass is 365 g/mol. The summed E-state index contributed by atoms with van der Waals surface area (Å²) in [6.07, 6.45) is 6.33. The number of rotatable bonds is 5. The van der Waals surface area contributed by atoms with Crippen molar-refractivity contribution in [2.75, 3.05) is 20.7 Å². The number of hydrogen-bond acceptors (Lipinski definition) is 4. The van der Waals surface area contributed by atoms with Crippen molar-refractivity contribution in [3.8, 4) is 5.88 Å². The second kappa shape index (κ2) is 7.31. The number of aromatic nitrogens is 1. The Bertz CT molecular complexity index is 800. The zero-order chi connectivity index (χ0) is 18.9. The van der Waals surface area contributed by atoms with Gasteiger partial charge in [0.1, 0.15) is 5.56 Å². The Kier molecular flexibility index (Phi) is 4.87. The lowest BCUT2D eigenvalue weighted by Gasteiger charge is -2.57. The van der Waals surface area contributed by atoms with Crippen molar-refractivity contribution in [2.24, 2.45) is 5.92 Å². The highest BCUT2D eigenvalue weighted by atomic mass is 16.5. The van der Waals surface area contributed by atoms with Crippen LogP contribution in [0, 0.1) is 5.92 Å². The van der Waals surface area contributed by atoms with E-state index in [1.54, 1.807) is 25.4 Å². The van der Waals surface area contributed by atoms with Gasteiger partial charge in [-0.25, -0.2) is 4.98 Å². The third kappa shape index (κ3) is 3.21. The van der Waals surface area contributed by atoms with E-state index in [4.69, 9.17) is 4.74 Å². The average molecular weight is 365 g/mol. The van der Waals surface area contributed by atoms with Gasteiger partial charge in [-0.2, -0.15) is 0 Å². The summed E-state index contributed by atoms with van der Waals surface area (Å²) in [5, 5.41) is 3.34. The third-order valence-corrected chi connectivity index (χ3v) is 6.42. The number of carbonyl (C=O) groups excluding carboxylic acids is 1. The van der Waals surface area contributed by atoms with E-state index in [2.05, 4.69) is 34.4 Å². The van der Waals surface area contributed by atoms with Crippen LogP contribution < -0.4 is 10.1 Å². The van der Waals surface area contributed by atoms with E-state index in [9.17, 15) is 4.79 Å². The zero-order valence-electron chi connectivity index (χ0n) is 16.0. The first-order valence-corrected chi connectivity index (χ1v) is 9.70. The maximum atomic E-state index is 13.2. The first-order valence-electron chi connectivity index (χ1n) is 9.70. The number of nitrogens with one attached hydrogen (secondary N) is 1. The summed E-state index contributed by atoms with van der Waals surface area (Å²) in [4.78, 5) is 19.8. The molecular weight excluding hydrogens is 338 g/mol.